The van der Waals surface area contributed by atoms with Gasteiger partial charge in [-0.15, -0.1) is 0 Å². The fourth-order valence-corrected chi connectivity index (χ4v) is 2.13. The maximum Gasteiger partial charge on any atom is 0.129 e. The van der Waals surface area contributed by atoms with Crippen molar-refractivity contribution in [3.8, 4) is 0 Å². The molecule has 0 aromatic carbocycles. The molecular weight excluding hydrogens is 222 g/mol. The predicted molar refractivity (Wildman–Crippen MR) is 80.0 cm³/mol. The van der Waals surface area contributed by atoms with Gasteiger partial charge in [-0.3, -0.25) is 0 Å². The fourth-order valence-electron chi connectivity index (χ4n) is 2.13. The lowest BCUT2D eigenvalue weighted by Crippen LogP contribution is -2.23. The lowest BCUT2D eigenvalue weighted by molar-refractivity contribution is -0.117. The number of Topliss-reactive ketones (excluding diaryl/α,β-unsaturated/α-hetero) is 1. The van der Waals surface area contributed by atoms with Gasteiger partial charge in [-0.2, -0.15) is 0 Å². The number of carbonyl (C=O) groups excluding carboxylic acids is 1. The van der Waals surface area contributed by atoms with Crippen molar-refractivity contribution in [2.45, 2.75) is 91.0 Å². The first-order chi connectivity index (χ1) is 8.63. The molecule has 0 atom stereocenters. The Morgan fingerprint density at radius 2 is 1.28 bits per heavy atom. The summed E-state index contributed by atoms with van der Waals surface area (Å²) in [6, 6.07) is 0.625. The van der Waals surface area contributed by atoms with Gasteiger partial charge in [0.2, 0.25) is 0 Å². The van der Waals surface area contributed by atoms with E-state index in [2.05, 4.69) is 19.2 Å². The Morgan fingerprint density at radius 1 is 0.833 bits per heavy atom. The summed E-state index contributed by atoms with van der Waals surface area (Å²) in [7, 11) is 0. The second-order valence-corrected chi connectivity index (χ2v) is 5.74. The molecule has 0 amide bonds. The smallest absolute Gasteiger partial charge is 0.129 e. The van der Waals surface area contributed by atoms with E-state index >= 15 is 0 Å². The van der Waals surface area contributed by atoms with Gasteiger partial charge in [0.1, 0.15) is 5.78 Å². The van der Waals surface area contributed by atoms with Gasteiger partial charge in [-0.05, 0) is 26.3 Å². The van der Waals surface area contributed by atoms with Crippen molar-refractivity contribution >= 4 is 5.78 Å². The van der Waals surface area contributed by atoms with Crippen molar-refractivity contribution in [3.05, 3.63) is 0 Å². The quantitative estimate of drug-likeness (QED) is 0.492. The molecule has 1 N–H and O–H groups in total. The molecule has 0 aliphatic rings. The molecule has 0 unspecified atom stereocenters. The van der Waals surface area contributed by atoms with E-state index < -0.39 is 0 Å². The van der Waals surface area contributed by atoms with Crippen LogP contribution in [-0.4, -0.2) is 18.4 Å². The van der Waals surface area contributed by atoms with Crippen LogP contribution in [0.25, 0.3) is 0 Å². The van der Waals surface area contributed by atoms with Crippen LogP contribution in [0.1, 0.15) is 85.0 Å². The van der Waals surface area contributed by atoms with Crippen LogP contribution in [0.5, 0.6) is 0 Å². The van der Waals surface area contributed by atoms with Crippen molar-refractivity contribution in [1.82, 2.24) is 5.32 Å². The first-order valence-electron chi connectivity index (χ1n) is 7.85. The minimum atomic E-state index is 0.338. The molecule has 2 nitrogen and oxygen atoms in total. The van der Waals surface area contributed by atoms with Crippen LogP contribution in [0.3, 0.4) is 0 Å². The van der Waals surface area contributed by atoms with E-state index in [4.69, 9.17) is 0 Å². The standard InChI is InChI=1S/C16H33NO/c1-15(2)17-14-12-10-8-6-4-5-7-9-11-13-16(3)18/h15,17H,4-14H2,1-3H3. The van der Waals surface area contributed by atoms with Gasteiger partial charge in [-0.1, -0.05) is 58.8 Å². The van der Waals surface area contributed by atoms with Gasteiger partial charge in [0, 0.05) is 12.5 Å². The Kier molecular flexibility index (Phi) is 12.8. The number of rotatable bonds is 13. The second kappa shape index (κ2) is 13.1. The largest absolute Gasteiger partial charge is 0.315 e. The Balaban J connectivity index is 2.97. The van der Waals surface area contributed by atoms with E-state index in [-0.39, 0.29) is 0 Å². The lowest BCUT2D eigenvalue weighted by atomic mass is 10.1. The summed E-state index contributed by atoms with van der Waals surface area (Å²) in [4.78, 5) is 10.7. The second-order valence-electron chi connectivity index (χ2n) is 5.74. The molecule has 0 spiro atoms. The van der Waals surface area contributed by atoms with Gasteiger partial charge < -0.3 is 10.1 Å². The minimum Gasteiger partial charge on any atom is -0.315 e. The number of nitrogens with one attached hydrogen (secondary N) is 1. The minimum absolute atomic E-state index is 0.338. The fraction of sp³-hybridized carbons (Fsp3) is 0.938. The average Bonchev–Trinajstić information content (AvgIpc) is 2.29. The normalized spacial score (nSPS) is 11.1. The molecule has 0 aliphatic carbocycles. The molecule has 0 aromatic rings. The zero-order valence-corrected chi connectivity index (χ0v) is 12.8. The topological polar surface area (TPSA) is 29.1 Å². The molecule has 18 heavy (non-hydrogen) atoms. The Morgan fingerprint density at radius 3 is 1.72 bits per heavy atom. The highest BCUT2D eigenvalue weighted by molar-refractivity contribution is 5.75. The molecule has 0 saturated carbocycles. The molecule has 0 rings (SSSR count). The summed E-state index contributed by atoms with van der Waals surface area (Å²) in [5, 5.41) is 3.45. The average molecular weight is 255 g/mol. The van der Waals surface area contributed by atoms with Crippen LogP contribution in [0.4, 0.5) is 0 Å². The molecule has 0 aliphatic heterocycles. The maximum atomic E-state index is 10.7. The highest BCUT2D eigenvalue weighted by Crippen LogP contribution is 2.10. The Hall–Kier alpha value is -0.370. The third-order valence-electron chi connectivity index (χ3n) is 3.26. The first-order valence-corrected chi connectivity index (χ1v) is 7.85. The molecule has 0 heterocycles. The zero-order valence-electron chi connectivity index (χ0n) is 12.8. The summed E-state index contributed by atoms with van der Waals surface area (Å²) >= 11 is 0. The molecule has 108 valence electrons. The predicted octanol–water partition coefficient (Wildman–Crippen LogP) is 4.47. The number of hydrogen-bond donors (Lipinski definition) is 1. The number of ketones is 1. The van der Waals surface area contributed by atoms with E-state index in [1.807, 2.05) is 0 Å². The molecule has 0 saturated heterocycles. The third kappa shape index (κ3) is 15.6. The third-order valence-corrected chi connectivity index (χ3v) is 3.26. The van der Waals surface area contributed by atoms with Crippen LogP contribution in [0.2, 0.25) is 0 Å². The van der Waals surface area contributed by atoms with Crippen molar-refractivity contribution in [3.63, 3.8) is 0 Å². The molecule has 0 fully saturated rings. The van der Waals surface area contributed by atoms with E-state index in [9.17, 15) is 4.79 Å². The highest BCUT2D eigenvalue weighted by atomic mass is 16.1. The monoisotopic (exact) mass is 255 g/mol. The molecular formula is C16H33NO. The van der Waals surface area contributed by atoms with Gasteiger partial charge >= 0.3 is 0 Å². The van der Waals surface area contributed by atoms with Crippen LogP contribution < -0.4 is 5.32 Å². The molecule has 2 heteroatoms. The van der Waals surface area contributed by atoms with Crippen LogP contribution in [-0.2, 0) is 4.79 Å². The molecule has 0 bridgehead atoms. The van der Waals surface area contributed by atoms with Crippen LogP contribution >= 0.6 is 0 Å². The van der Waals surface area contributed by atoms with Crippen LogP contribution in [0.15, 0.2) is 0 Å². The number of unbranched alkanes of at least 4 members (excludes halogenated alkanes) is 8. The van der Waals surface area contributed by atoms with E-state index in [0.29, 0.717) is 11.8 Å². The lowest BCUT2D eigenvalue weighted by Gasteiger charge is -2.07. The van der Waals surface area contributed by atoms with E-state index in [0.717, 1.165) is 12.8 Å². The molecule has 0 aromatic heterocycles. The SMILES string of the molecule is CC(=O)CCCCCCCCCCCNC(C)C. The van der Waals surface area contributed by atoms with Crippen molar-refractivity contribution in [2.24, 2.45) is 0 Å². The van der Waals surface area contributed by atoms with Gasteiger partial charge in [0.05, 0.1) is 0 Å². The number of carbonyl (C=O) groups is 1. The van der Waals surface area contributed by atoms with Gasteiger partial charge in [-0.25, -0.2) is 0 Å². The van der Waals surface area contributed by atoms with E-state index in [1.165, 1.54) is 57.9 Å². The summed E-state index contributed by atoms with van der Waals surface area (Å²) < 4.78 is 0. The first kappa shape index (κ1) is 17.6. The van der Waals surface area contributed by atoms with E-state index in [1.54, 1.807) is 6.92 Å². The Bertz CT molecular complexity index is 190. The zero-order chi connectivity index (χ0) is 13.6. The summed E-state index contributed by atoms with van der Waals surface area (Å²) in [6.45, 7) is 7.26. The Labute approximate surface area is 114 Å². The van der Waals surface area contributed by atoms with Crippen molar-refractivity contribution in [2.75, 3.05) is 6.54 Å². The summed E-state index contributed by atoms with van der Waals surface area (Å²) in [6.07, 6.45) is 12.6. The van der Waals surface area contributed by atoms with Crippen LogP contribution in [0, 0.1) is 0 Å². The number of hydrogen-bond acceptors (Lipinski definition) is 2. The summed E-state index contributed by atoms with van der Waals surface area (Å²) in [5.74, 6) is 0.338. The maximum absolute atomic E-state index is 10.7. The summed E-state index contributed by atoms with van der Waals surface area (Å²) in [5.41, 5.74) is 0. The van der Waals surface area contributed by atoms with Crippen molar-refractivity contribution < 1.29 is 4.79 Å². The van der Waals surface area contributed by atoms with Crippen molar-refractivity contribution in [1.29, 1.82) is 0 Å². The highest BCUT2D eigenvalue weighted by Gasteiger charge is 1.95. The van der Waals surface area contributed by atoms with Gasteiger partial charge in [0.15, 0.2) is 0 Å². The molecule has 0 radical (unpaired) electrons. The van der Waals surface area contributed by atoms with Gasteiger partial charge in [0.25, 0.3) is 0 Å².